The molecule has 1 amide bonds. The van der Waals surface area contributed by atoms with E-state index in [9.17, 15) is 4.79 Å². The number of carbonyl (C=O) groups is 1. The van der Waals surface area contributed by atoms with Crippen LogP contribution < -0.4 is 5.73 Å². The Hall–Kier alpha value is -0.610. The quantitative estimate of drug-likeness (QED) is 0.750. The Morgan fingerprint density at radius 1 is 1.56 bits per heavy atom. The van der Waals surface area contributed by atoms with Crippen LogP contribution in [0.1, 0.15) is 26.7 Å². The van der Waals surface area contributed by atoms with E-state index in [-0.39, 0.29) is 24.0 Å². The van der Waals surface area contributed by atoms with E-state index >= 15 is 0 Å². The van der Waals surface area contributed by atoms with Crippen molar-refractivity contribution < 1.29 is 9.53 Å². The van der Waals surface area contributed by atoms with Gasteiger partial charge in [-0.15, -0.1) is 0 Å². The first kappa shape index (κ1) is 11.9. The van der Waals surface area contributed by atoms with Crippen LogP contribution in [0.5, 0.6) is 0 Å². The summed E-state index contributed by atoms with van der Waals surface area (Å²) < 4.78 is 5.45. The van der Waals surface area contributed by atoms with Crippen molar-refractivity contribution in [3.8, 4) is 0 Å². The van der Waals surface area contributed by atoms with Crippen molar-refractivity contribution in [3.05, 3.63) is 0 Å². The van der Waals surface area contributed by atoms with Gasteiger partial charge in [-0.1, -0.05) is 0 Å². The van der Waals surface area contributed by atoms with Crippen molar-refractivity contribution in [1.29, 1.82) is 0 Å². The summed E-state index contributed by atoms with van der Waals surface area (Å²) in [7, 11) is 0. The second-order valence-electron chi connectivity index (χ2n) is 5.27. The van der Waals surface area contributed by atoms with E-state index in [1.165, 1.54) is 0 Å². The Balaban J connectivity index is 1.87. The lowest BCUT2D eigenvalue weighted by Crippen LogP contribution is -2.36. The maximum Gasteiger partial charge on any atom is 0.228 e. The van der Waals surface area contributed by atoms with Crippen molar-refractivity contribution in [3.63, 3.8) is 0 Å². The molecule has 2 aliphatic heterocycles. The minimum absolute atomic E-state index is 0.0850. The average molecular weight is 226 g/mol. The molecule has 2 rings (SSSR count). The third-order valence-corrected chi connectivity index (χ3v) is 3.83. The third-order valence-electron chi connectivity index (χ3n) is 3.83. The summed E-state index contributed by atoms with van der Waals surface area (Å²) in [4.78, 5) is 14.1. The van der Waals surface area contributed by atoms with Crippen molar-refractivity contribution in [2.45, 2.75) is 38.8 Å². The van der Waals surface area contributed by atoms with E-state index in [4.69, 9.17) is 10.5 Å². The predicted octanol–water partition coefficient (Wildman–Crippen LogP) is 0.607. The molecule has 0 radical (unpaired) electrons. The number of likely N-dealkylation sites (tertiary alicyclic amines) is 1. The third kappa shape index (κ3) is 2.38. The molecule has 2 saturated heterocycles. The van der Waals surface area contributed by atoms with E-state index in [1.807, 2.05) is 18.7 Å². The smallest absolute Gasteiger partial charge is 0.228 e. The number of hydrogen-bond donors (Lipinski definition) is 1. The molecule has 0 bridgehead atoms. The zero-order valence-corrected chi connectivity index (χ0v) is 10.2. The van der Waals surface area contributed by atoms with Gasteiger partial charge in [-0.05, 0) is 32.6 Å². The molecular weight excluding hydrogens is 204 g/mol. The zero-order chi connectivity index (χ0) is 11.7. The van der Waals surface area contributed by atoms with Gasteiger partial charge in [0.2, 0.25) is 5.91 Å². The SMILES string of the molecule is CC1CC(C(=O)N2CCC(C(C)N)C2)CO1. The molecule has 2 aliphatic rings. The van der Waals surface area contributed by atoms with Gasteiger partial charge in [0.05, 0.1) is 18.6 Å². The Morgan fingerprint density at radius 3 is 2.81 bits per heavy atom. The fourth-order valence-corrected chi connectivity index (χ4v) is 2.66. The van der Waals surface area contributed by atoms with Crippen LogP contribution in [0.2, 0.25) is 0 Å². The molecule has 4 atom stereocenters. The molecule has 0 aromatic rings. The summed E-state index contributed by atoms with van der Waals surface area (Å²) in [5, 5.41) is 0. The molecule has 0 saturated carbocycles. The standard InChI is InChI=1S/C12H22N2O2/c1-8-5-11(7-16-8)12(15)14-4-3-10(6-14)9(2)13/h8-11H,3-7,13H2,1-2H3. The van der Waals surface area contributed by atoms with E-state index in [0.717, 1.165) is 25.9 Å². The zero-order valence-electron chi connectivity index (χ0n) is 10.2. The number of nitrogens with two attached hydrogens (primary N) is 1. The molecule has 0 aromatic carbocycles. The molecular formula is C12H22N2O2. The molecule has 2 fully saturated rings. The van der Waals surface area contributed by atoms with Gasteiger partial charge in [-0.3, -0.25) is 4.79 Å². The van der Waals surface area contributed by atoms with Gasteiger partial charge >= 0.3 is 0 Å². The minimum atomic E-state index is 0.0850. The number of nitrogens with zero attached hydrogens (tertiary/aromatic N) is 1. The largest absolute Gasteiger partial charge is 0.378 e. The van der Waals surface area contributed by atoms with Gasteiger partial charge in [0, 0.05) is 19.1 Å². The second-order valence-corrected chi connectivity index (χ2v) is 5.27. The highest BCUT2D eigenvalue weighted by atomic mass is 16.5. The number of amides is 1. The molecule has 4 nitrogen and oxygen atoms in total. The van der Waals surface area contributed by atoms with Crippen LogP contribution >= 0.6 is 0 Å². The fraction of sp³-hybridized carbons (Fsp3) is 0.917. The molecule has 0 aliphatic carbocycles. The molecule has 4 unspecified atom stereocenters. The second kappa shape index (κ2) is 4.72. The highest BCUT2D eigenvalue weighted by molar-refractivity contribution is 5.79. The average Bonchev–Trinajstić information content (AvgIpc) is 2.84. The monoisotopic (exact) mass is 226 g/mol. The highest BCUT2D eigenvalue weighted by Crippen LogP contribution is 2.25. The lowest BCUT2D eigenvalue weighted by atomic mass is 10.0. The van der Waals surface area contributed by atoms with Crippen molar-refractivity contribution in [1.82, 2.24) is 4.90 Å². The molecule has 16 heavy (non-hydrogen) atoms. The van der Waals surface area contributed by atoms with E-state index in [2.05, 4.69) is 0 Å². The summed E-state index contributed by atoms with van der Waals surface area (Å²) >= 11 is 0. The van der Waals surface area contributed by atoms with Crippen LogP contribution in [0.15, 0.2) is 0 Å². The molecule has 0 spiro atoms. The van der Waals surface area contributed by atoms with Gasteiger partial charge in [0.25, 0.3) is 0 Å². The molecule has 4 heteroatoms. The van der Waals surface area contributed by atoms with E-state index in [1.54, 1.807) is 0 Å². The lowest BCUT2D eigenvalue weighted by Gasteiger charge is -2.20. The number of hydrogen-bond acceptors (Lipinski definition) is 3. The van der Waals surface area contributed by atoms with Crippen LogP contribution in [-0.2, 0) is 9.53 Å². The van der Waals surface area contributed by atoms with Crippen LogP contribution in [0, 0.1) is 11.8 Å². The normalized spacial score (nSPS) is 36.7. The highest BCUT2D eigenvalue weighted by Gasteiger charge is 2.35. The number of carbonyl (C=O) groups excluding carboxylic acids is 1. The minimum Gasteiger partial charge on any atom is -0.378 e. The topological polar surface area (TPSA) is 55.6 Å². The fourth-order valence-electron chi connectivity index (χ4n) is 2.66. The van der Waals surface area contributed by atoms with E-state index < -0.39 is 0 Å². The summed E-state index contributed by atoms with van der Waals surface area (Å²) in [6.07, 6.45) is 2.16. The van der Waals surface area contributed by atoms with Gasteiger partial charge in [-0.25, -0.2) is 0 Å². The van der Waals surface area contributed by atoms with Crippen LogP contribution in [0.3, 0.4) is 0 Å². The van der Waals surface area contributed by atoms with Gasteiger partial charge in [0.15, 0.2) is 0 Å². The van der Waals surface area contributed by atoms with Gasteiger partial charge < -0.3 is 15.4 Å². The first-order chi connectivity index (χ1) is 7.58. The molecule has 92 valence electrons. The summed E-state index contributed by atoms with van der Waals surface area (Å²) in [5.41, 5.74) is 5.87. The van der Waals surface area contributed by atoms with Crippen molar-refractivity contribution in [2.24, 2.45) is 17.6 Å². The maximum absolute atomic E-state index is 12.2. The van der Waals surface area contributed by atoms with Gasteiger partial charge in [-0.2, -0.15) is 0 Å². The van der Waals surface area contributed by atoms with Crippen molar-refractivity contribution >= 4 is 5.91 Å². The Morgan fingerprint density at radius 2 is 2.31 bits per heavy atom. The lowest BCUT2D eigenvalue weighted by molar-refractivity contribution is -0.134. The predicted molar refractivity (Wildman–Crippen MR) is 61.9 cm³/mol. The first-order valence-corrected chi connectivity index (χ1v) is 6.24. The van der Waals surface area contributed by atoms with Gasteiger partial charge in [0.1, 0.15) is 0 Å². The van der Waals surface area contributed by atoms with Crippen molar-refractivity contribution in [2.75, 3.05) is 19.7 Å². The maximum atomic E-state index is 12.2. The summed E-state index contributed by atoms with van der Waals surface area (Å²) in [5.74, 6) is 0.832. The Kier molecular flexibility index (Phi) is 3.50. The molecule has 2 N–H and O–H groups in total. The van der Waals surface area contributed by atoms with Crippen LogP contribution in [0.25, 0.3) is 0 Å². The number of ether oxygens (including phenoxy) is 1. The van der Waals surface area contributed by atoms with Crippen LogP contribution in [-0.4, -0.2) is 42.6 Å². The van der Waals surface area contributed by atoms with E-state index in [0.29, 0.717) is 12.5 Å². The Labute approximate surface area is 97.1 Å². The molecule has 2 heterocycles. The Bertz CT molecular complexity index is 268. The molecule has 0 aromatic heterocycles. The number of rotatable bonds is 2. The summed E-state index contributed by atoms with van der Waals surface area (Å²) in [6, 6.07) is 0.191. The van der Waals surface area contributed by atoms with Crippen LogP contribution in [0.4, 0.5) is 0 Å². The first-order valence-electron chi connectivity index (χ1n) is 6.24. The summed E-state index contributed by atoms with van der Waals surface area (Å²) in [6.45, 7) is 6.36.